The van der Waals surface area contributed by atoms with Crippen molar-refractivity contribution in [1.29, 1.82) is 0 Å². The molecule has 1 saturated heterocycles. The van der Waals surface area contributed by atoms with Crippen LogP contribution < -0.4 is 5.32 Å². The minimum Gasteiger partial charge on any atom is -0.336 e. The van der Waals surface area contributed by atoms with Crippen molar-refractivity contribution in [2.75, 3.05) is 6.54 Å². The Kier molecular flexibility index (Phi) is 3.15. The Morgan fingerprint density at radius 3 is 2.40 bits per heavy atom. The van der Waals surface area contributed by atoms with E-state index in [-0.39, 0.29) is 11.4 Å². The molecule has 1 N–H and O–H groups in total. The van der Waals surface area contributed by atoms with Crippen molar-refractivity contribution in [1.82, 2.24) is 10.2 Å². The molecule has 0 saturated carbocycles. The Balaban J connectivity index is 2.96. The molecule has 0 aromatic carbocycles. The molecule has 1 unspecified atom stereocenters. The average Bonchev–Trinajstić information content (AvgIpc) is 2.08. The van der Waals surface area contributed by atoms with E-state index in [2.05, 4.69) is 33.0 Å². The highest BCUT2D eigenvalue weighted by molar-refractivity contribution is 5.86. The summed E-state index contributed by atoms with van der Waals surface area (Å²) in [5, 5.41) is 3.38. The molecule has 88 valence electrons. The Morgan fingerprint density at radius 2 is 1.93 bits per heavy atom. The predicted molar refractivity (Wildman–Crippen MR) is 62.8 cm³/mol. The molecule has 1 atom stereocenters. The van der Waals surface area contributed by atoms with Crippen LogP contribution in [0.25, 0.3) is 0 Å². The summed E-state index contributed by atoms with van der Waals surface area (Å²) in [6.07, 6.45) is 1.02. The summed E-state index contributed by atoms with van der Waals surface area (Å²) in [6, 6.07) is 0.399. The summed E-state index contributed by atoms with van der Waals surface area (Å²) in [5.74, 6) is 0.208. The summed E-state index contributed by atoms with van der Waals surface area (Å²) < 4.78 is 0. The zero-order valence-corrected chi connectivity index (χ0v) is 10.8. The first-order chi connectivity index (χ1) is 6.64. The lowest BCUT2D eigenvalue weighted by Crippen LogP contribution is -2.57. The third kappa shape index (κ3) is 2.71. The summed E-state index contributed by atoms with van der Waals surface area (Å²) in [6.45, 7) is 13.2. The summed E-state index contributed by atoms with van der Waals surface area (Å²) in [7, 11) is 0. The molecule has 0 radical (unpaired) electrons. The minimum absolute atomic E-state index is 0.0832. The number of hydrogen-bond acceptors (Lipinski definition) is 2. The monoisotopic (exact) mass is 212 g/mol. The van der Waals surface area contributed by atoms with E-state index in [1.807, 2.05) is 18.7 Å². The van der Waals surface area contributed by atoms with Gasteiger partial charge in [0.05, 0.1) is 5.54 Å². The molecule has 1 heterocycles. The number of nitrogens with zero attached hydrogens (tertiary/aromatic N) is 1. The second kappa shape index (κ2) is 3.78. The Morgan fingerprint density at radius 1 is 1.40 bits per heavy atom. The highest BCUT2D eigenvalue weighted by Crippen LogP contribution is 2.23. The summed E-state index contributed by atoms with van der Waals surface area (Å²) in [5.41, 5.74) is -0.525. The third-order valence-electron chi connectivity index (χ3n) is 2.98. The fraction of sp³-hybridized carbons (Fsp3) is 0.917. The van der Waals surface area contributed by atoms with E-state index in [1.54, 1.807) is 0 Å². The molecule has 0 aromatic rings. The van der Waals surface area contributed by atoms with Crippen LogP contribution in [0.1, 0.15) is 48.0 Å². The smallest absolute Gasteiger partial charge is 0.242 e. The second-order valence-corrected chi connectivity index (χ2v) is 6.09. The number of carbonyl (C=O) groups excluding carboxylic acids is 1. The fourth-order valence-corrected chi connectivity index (χ4v) is 2.15. The molecule has 1 aliphatic heterocycles. The van der Waals surface area contributed by atoms with Gasteiger partial charge in [-0.1, -0.05) is 0 Å². The zero-order chi connectivity index (χ0) is 11.9. The van der Waals surface area contributed by atoms with Crippen LogP contribution in [0.4, 0.5) is 0 Å². The quantitative estimate of drug-likeness (QED) is 0.664. The maximum absolute atomic E-state index is 12.3. The van der Waals surface area contributed by atoms with Crippen molar-refractivity contribution in [2.45, 2.75) is 65.1 Å². The Labute approximate surface area is 93.2 Å². The van der Waals surface area contributed by atoms with Gasteiger partial charge in [-0.2, -0.15) is 0 Å². The van der Waals surface area contributed by atoms with E-state index in [9.17, 15) is 4.79 Å². The van der Waals surface area contributed by atoms with Gasteiger partial charge >= 0.3 is 0 Å². The molecule has 1 aliphatic rings. The maximum Gasteiger partial charge on any atom is 0.242 e. The fourth-order valence-electron chi connectivity index (χ4n) is 2.15. The van der Waals surface area contributed by atoms with Crippen LogP contribution in [0.3, 0.4) is 0 Å². The van der Waals surface area contributed by atoms with Gasteiger partial charge in [-0.05, 0) is 48.0 Å². The van der Waals surface area contributed by atoms with Crippen LogP contribution in [0.2, 0.25) is 0 Å². The largest absolute Gasteiger partial charge is 0.336 e. The molecule has 15 heavy (non-hydrogen) atoms. The lowest BCUT2D eigenvalue weighted by Gasteiger charge is -2.38. The number of nitrogens with one attached hydrogen (secondary N) is 1. The Hall–Kier alpha value is -0.570. The van der Waals surface area contributed by atoms with Crippen LogP contribution in [-0.4, -0.2) is 34.5 Å². The minimum atomic E-state index is -0.441. The molecule has 0 spiro atoms. The molecule has 1 rings (SSSR count). The molecule has 3 nitrogen and oxygen atoms in total. The molecule has 3 heteroatoms. The van der Waals surface area contributed by atoms with Crippen molar-refractivity contribution in [3.8, 4) is 0 Å². The Bertz CT molecular complexity index is 253. The van der Waals surface area contributed by atoms with Crippen molar-refractivity contribution in [3.63, 3.8) is 0 Å². The number of amides is 1. The van der Waals surface area contributed by atoms with Gasteiger partial charge in [0.25, 0.3) is 0 Å². The van der Waals surface area contributed by atoms with Crippen molar-refractivity contribution < 1.29 is 4.79 Å². The van der Waals surface area contributed by atoms with Crippen molar-refractivity contribution >= 4 is 5.91 Å². The first-order valence-electron chi connectivity index (χ1n) is 5.74. The van der Waals surface area contributed by atoms with E-state index in [4.69, 9.17) is 0 Å². The van der Waals surface area contributed by atoms with Crippen LogP contribution in [0.15, 0.2) is 0 Å². The third-order valence-corrected chi connectivity index (χ3v) is 2.98. The average molecular weight is 212 g/mol. The molecular weight excluding hydrogens is 188 g/mol. The summed E-state index contributed by atoms with van der Waals surface area (Å²) >= 11 is 0. The van der Waals surface area contributed by atoms with E-state index in [0.29, 0.717) is 6.04 Å². The van der Waals surface area contributed by atoms with Gasteiger partial charge in [-0.25, -0.2) is 0 Å². The van der Waals surface area contributed by atoms with E-state index < -0.39 is 5.54 Å². The zero-order valence-electron chi connectivity index (χ0n) is 10.8. The van der Waals surface area contributed by atoms with Gasteiger partial charge in [-0.15, -0.1) is 0 Å². The van der Waals surface area contributed by atoms with Crippen LogP contribution in [0.5, 0.6) is 0 Å². The highest BCUT2D eigenvalue weighted by atomic mass is 16.2. The molecule has 1 amide bonds. The number of carbonyl (C=O) groups is 1. The standard InChI is InChI=1S/C12H24N2O/c1-9-7-8-14(11(2,3)4)10(15)12(5,6)13-9/h9,13H,7-8H2,1-6H3. The van der Waals surface area contributed by atoms with Crippen LogP contribution in [0, 0.1) is 0 Å². The SMILES string of the molecule is CC1CCN(C(C)(C)C)C(=O)C(C)(C)N1. The lowest BCUT2D eigenvalue weighted by molar-refractivity contribution is -0.140. The molecule has 0 aromatic heterocycles. The molecule has 0 aliphatic carbocycles. The first-order valence-corrected chi connectivity index (χ1v) is 5.74. The first kappa shape index (κ1) is 12.5. The number of hydrogen-bond donors (Lipinski definition) is 1. The van der Waals surface area contributed by atoms with Crippen LogP contribution >= 0.6 is 0 Å². The van der Waals surface area contributed by atoms with Gasteiger partial charge in [0.1, 0.15) is 0 Å². The van der Waals surface area contributed by atoms with Crippen molar-refractivity contribution in [2.24, 2.45) is 0 Å². The van der Waals surface area contributed by atoms with Crippen LogP contribution in [-0.2, 0) is 4.79 Å². The van der Waals surface area contributed by atoms with Gasteiger partial charge in [0.15, 0.2) is 0 Å². The maximum atomic E-state index is 12.3. The van der Waals surface area contributed by atoms with Gasteiger partial charge < -0.3 is 10.2 Å². The second-order valence-electron chi connectivity index (χ2n) is 6.09. The van der Waals surface area contributed by atoms with Gasteiger partial charge in [0.2, 0.25) is 5.91 Å². The normalized spacial score (nSPS) is 27.7. The van der Waals surface area contributed by atoms with Gasteiger partial charge in [-0.3, -0.25) is 4.79 Å². The molecular formula is C12H24N2O. The van der Waals surface area contributed by atoms with E-state index >= 15 is 0 Å². The predicted octanol–water partition coefficient (Wildman–Crippen LogP) is 1.77. The molecule has 0 bridgehead atoms. The lowest BCUT2D eigenvalue weighted by atomic mass is 9.99. The van der Waals surface area contributed by atoms with E-state index in [0.717, 1.165) is 13.0 Å². The van der Waals surface area contributed by atoms with Crippen molar-refractivity contribution in [3.05, 3.63) is 0 Å². The van der Waals surface area contributed by atoms with E-state index in [1.165, 1.54) is 0 Å². The summed E-state index contributed by atoms with van der Waals surface area (Å²) in [4.78, 5) is 14.3. The topological polar surface area (TPSA) is 32.3 Å². The molecule has 1 fully saturated rings. The van der Waals surface area contributed by atoms with Gasteiger partial charge in [0, 0.05) is 18.1 Å². The highest BCUT2D eigenvalue weighted by Gasteiger charge is 2.39. The number of rotatable bonds is 0.